The second-order valence-corrected chi connectivity index (χ2v) is 7.59. The summed E-state index contributed by atoms with van der Waals surface area (Å²) < 4.78 is 15.9. The van der Waals surface area contributed by atoms with Crippen LogP contribution in [0, 0.1) is 6.92 Å². The molecule has 3 N–H and O–H groups in total. The Morgan fingerprint density at radius 3 is 2.26 bits per heavy atom. The molecule has 0 spiro atoms. The highest BCUT2D eigenvalue weighted by atomic mass is 16.5. The second-order valence-electron chi connectivity index (χ2n) is 7.59. The lowest BCUT2D eigenvalue weighted by atomic mass is 10.1. The molecule has 0 aliphatic carbocycles. The number of rotatable bonds is 10. The molecular formula is C26H28N2O7. The zero-order valence-electron chi connectivity index (χ0n) is 19.8. The standard InChI is InChI=1S/C26H28N2O7/c1-17-5-9-20(28(32)26(31)18-6-10-21(11-7-18)35-14-4-13-29)16-22(17)27-25(30)19-8-12-23(33-2)24(15-19)34-3/h5-12,15-16,29,32H,4,13-14H2,1-3H3,(H,27,30). The average Bonchev–Trinajstić information content (AvgIpc) is 2.89. The summed E-state index contributed by atoms with van der Waals surface area (Å²) in [6.45, 7) is 2.19. The third kappa shape index (κ3) is 6.28. The Labute approximate surface area is 203 Å². The molecule has 0 saturated carbocycles. The van der Waals surface area contributed by atoms with Crippen molar-refractivity contribution in [1.82, 2.24) is 0 Å². The van der Waals surface area contributed by atoms with Crippen molar-refractivity contribution in [2.75, 3.05) is 37.8 Å². The van der Waals surface area contributed by atoms with Gasteiger partial charge < -0.3 is 24.6 Å². The number of benzene rings is 3. The Morgan fingerprint density at radius 2 is 1.60 bits per heavy atom. The number of hydroxylamine groups is 1. The highest BCUT2D eigenvalue weighted by molar-refractivity contribution is 6.07. The molecule has 184 valence electrons. The number of anilines is 2. The number of aryl methyl sites for hydroxylation is 1. The number of methoxy groups -OCH3 is 2. The van der Waals surface area contributed by atoms with Gasteiger partial charge in [-0.25, -0.2) is 0 Å². The molecule has 2 amide bonds. The largest absolute Gasteiger partial charge is 0.494 e. The first-order chi connectivity index (χ1) is 16.9. The fourth-order valence-electron chi connectivity index (χ4n) is 3.24. The predicted octanol–water partition coefficient (Wildman–Crippen LogP) is 4.06. The van der Waals surface area contributed by atoms with Crippen LogP contribution in [0.15, 0.2) is 60.7 Å². The van der Waals surface area contributed by atoms with Gasteiger partial charge in [0.25, 0.3) is 11.8 Å². The topological polar surface area (TPSA) is 118 Å². The predicted molar refractivity (Wildman–Crippen MR) is 131 cm³/mol. The van der Waals surface area contributed by atoms with Gasteiger partial charge in [-0.3, -0.25) is 14.8 Å². The number of carbonyl (C=O) groups is 2. The van der Waals surface area contributed by atoms with Crippen molar-refractivity contribution in [3.05, 3.63) is 77.4 Å². The number of aliphatic hydroxyl groups excluding tert-OH is 1. The van der Waals surface area contributed by atoms with Gasteiger partial charge >= 0.3 is 0 Å². The van der Waals surface area contributed by atoms with E-state index in [1.54, 1.807) is 49.4 Å². The highest BCUT2D eigenvalue weighted by Gasteiger charge is 2.18. The number of hydrogen-bond donors (Lipinski definition) is 3. The van der Waals surface area contributed by atoms with E-state index >= 15 is 0 Å². The fraction of sp³-hybridized carbons (Fsp3) is 0.231. The Hall–Kier alpha value is -4.08. The Balaban J connectivity index is 1.74. The summed E-state index contributed by atoms with van der Waals surface area (Å²) >= 11 is 0. The molecular weight excluding hydrogens is 452 g/mol. The summed E-state index contributed by atoms with van der Waals surface area (Å²) in [5.74, 6) is 0.436. The van der Waals surface area contributed by atoms with Crippen LogP contribution in [-0.4, -0.2) is 49.6 Å². The monoisotopic (exact) mass is 480 g/mol. The summed E-state index contributed by atoms with van der Waals surface area (Å²) in [6, 6.07) is 15.9. The van der Waals surface area contributed by atoms with Crippen molar-refractivity contribution in [3.8, 4) is 17.2 Å². The SMILES string of the molecule is COc1ccc(C(=O)Nc2cc(N(O)C(=O)c3ccc(OCCCO)cc3)ccc2C)cc1OC. The van der Waals surface area contributed by atoms with E-state index in [9.17, 15) is 14.8 Å². The molecule has 0 atom stereocenters. The number of nitrogens with one attached hydrogen (secondary N) is 1. The second kappa shape index (κ2) is 11.9. The Kier molecular flexibility index (Phi) is 8.66. The minimum atomic E-state index is -0.645. The van der Waals surface area contributed by atoms with Crippen molar-refractivity contribution >= 4 is 23.2 Å². The van der Waals surface area contributed by atoms with E-state index in [-0.39, 0.29) is 23.8 Å². The lowest BCUT2D eigenvalue weighted by Crippen LogP contribution is -2.27. The van der Waals surface area contributed by atoms with Crippen molar-refractivity contribution in [2.24, 2.45) is 0 Å². The molecule has 0 saturated heterocycles. The van der Waals surface area contributed by atoms with Gasteiger partial charge in [0.05, 0.1) is 26.5 Å². The van der Waals surface area contributed by atoms with Gasteiger partial charge in [-0.05, 0) is 67.1 Å². The minimum absolute atomic E-state index is 0.0311. The van der Waals surface area contributed by atoms with Crippen molar-refractivity contribution < 1.29 is 34.1 Å². The van der Waals surface area contributed by atoms with Crippen LogP contribution in [0.1, 0.15) is 32.7 Å². The van der Waals surface area contributed by atoms with Crippen LogP contribution in [0.25, 0.3) is 0 Å². The quantitative estimate of drug-likeness (QED) is 0.228. The van der Waals surface area contributed by atoms with Crippen LogP contribution in [-0.2, 0) is 0 Å². The first kappa shape index (κ1) is 25.5. The molecule has 0 aliphatic heterocycles. The van der Waals surface area contributed by atoms with E-state index in [0.717, 1.165) is 5.56 Å². The van der Waals surface area contributed by atoms with Gasteiger partial charge in [0.15, 0.2) is 11.5 Å². The van der Waals surface area contributed by atoms with E-state index in [1.807, 2.05) is 0 Å². The van der Waals surface area contributed by atoms with Gasteiger partial charge in [0, 0.05) is 29.8 Å². The normalized spacial score (nSPS) is 10.4. The van der Waals surface area contributed by atoms with Gasteiger partial charge in [0.1, 0.15) is 5.75 Å². The lowest BCUT2D eigenvalue weighted by Gasteiger charge is -2.18. The molecule has 0 heterocycles. The summed E-state index contributed by atoms with van der Waals surface area (Å²) in [7, 11) is 2.99. The molecule has 3 aromatic rings. The van der Waals surface area contributed by atoms with Crippen LogP contribution in [0.2, 0.25) is 0 Å². The van der Waals surface area contributed by atoms with Crippen LogP contribution in [0.3, 0.4) is 0 Å². The lowest BCUT2D eigenvalue weighted by molar-refractivity contribution is 0.0854. The van der Waals surface area contributed by atoms with E-state index in [1.165, 1.54) is 32.4 Å². The first-order valence-corrected chi connectivity index (χ1v) is 10.9. The molecule has 0 fully saturated rings. The van der Waals surface area contributed by atoms with E-state index in [0.29, 0.717) is 46.6 Å². The molecule has 9 nitrogen and oxygen atoms in total. The third-order valence-electron chi connectivity index (χ3n) is 5.22. The molecule has 9 heteroatoms. The number of carbonyl (C=O) groups excluding carboxylic acids is 2. The van der Waals surface area contributed by atoms with Gasteiger partial charge in [-0.15, -0.1) is 0 Å². The zero-order chi connectivity index (χ0) is 25.4. The van der Waals surface area contributed by atoms with Crippen molar-refractivity contribution in [3.63, 3.8) is 0 Å². The van der Waals surface area contributed by atoms with E-state index in [2.05, 4.69) is 5.32 Å². The molecule has 3 rings (SSSR count). The average molecular weight is 481 g/mol. The molecule has 3 aromatic carbocycles. The molecule has 35 heavy (non-hydrogen) atoms. The number of hydrogen-bond acceptors (Lipinski definition) is 7. The van der Waals surface area contributed by atoms with Crippen LogP contribution in [0.5, 0.6) is 17.2 Å². The fourth-order valence-corrected chi connectivity index (χ4v) is 3.24. The number of nitrogens with zero attached hydrogens (tertiary/aromatic N) is 1. The minimum Gasteiger partial charge on any atom is -0.494 e. The maximum Gasteiger partial charge on any atom is 0.281 e. The summed E-state index contributed by atoms with van der Waals surface area (Å²) in [6.07, 6.45) is 0.503. The van der Waals surface area contributed by atoms with Crippen molar-refractivity contribution in [2.45, 2.75) is 13.3 Å². The number of aliphatic hydroxyl groups is 1. The van der Waals surface area contributed by atoms with E-state index < -0.39 is 5.91 Å². The van der Waals surface area contributed by atoms with Crippen molar-refractivity contribution in [1.29, 1.82) is 0 Å². The molecule has 0 bridgehead atoms. The van der Waals surface area contributed by atoms with E-state index in [4.69, 9.17) is 19.3 Å². The number of amides is 2. The van der Waals surface area contributed by atoms with Gasteiger partial charge in [-0.1, -0.05) is 6.07 Å². The maximum absolute atomic E-state index is 12.8. The maximum atomic E-state index is 12.8. The summed E-state index contributed by atoms with van der Waals surface area (Å²) in [4.78, 5) is 25.6. The van der Waals surface area contributed by atoms with Crippen LogP contribution in [0.4, 0.5) is 11.4 Å². The third-order valence-corrected chi connectivity index (χ3v) is 5.22. The van der Waals surface area contributed by atoms with Gasteiger partial charge in [0.2, 0.25) is 0 Å². The first-order valence-electron chi connectivity index (χ1n) is 10.9. The summed E-state index contributed by atoms with van der Waals surface area (Å²) in [5, 5.41) is 22.7. The molecule has 0 unspecified atom stereocenters. The zero-order valence-corrected chi connectivity index (χ0v) is 19.8. The Morgan fingerprint density at radius 1 is 0.914 bits per heavy atom. The molecule has 0 aliphatic rings. The van der Waals surface area contributed by atoms with Crippen LogP contribution < -0.4 is 24.6 Å². The smallest absolute Gasteiger partial charge is 0.281 e. The number of ether oxygens (including phenoxy) is 3. The molecule has 0 aromatic heterocycles. The Bertz CT molecular complexity index is 1180. The van der Waals surface area contributed by atoms with Gasteiger partial charge in [-0.2, -0.15) is 5.06 Å². The molecule has 0 radical (unpaired) electrons. The highest BCUT2D eigenvalue weighted by Crippen LogP contribution is 2.29. The van der Waals surface area contributed by atoms with Crippen LogP contribution >= 0.6 is 0 Å². The summed E-state index contributed by atoms with van der Waals surface area (Å²) in [5.41, 5.74) is 1.96.